The number of benzene rings is 3. The second-order valence-corrected chi connectivity index (χ2v) is 13.3. The molecule has 2 aliphatic rings. The van der Waals surface area contributed by atoms with Gasteiger partial charge in [0.15, 0.2) is 5.82 Å². The Kier molecular flexibility index (Phi) is 11.6. The number of nitro groups is 1. The molecule has 2 aliphatic heterocycles. The Labute approximate surface area is 299 Å². The van der Waals surface area contributed by atoms with Gasteiger partial charge in [-0.2, -0.15) is 0 Å². The summed E-state index contributed by atoms with van der Waals surface area (Å²) in [5.41, 5.74) is 4.90. The van der Waals surface area contributed by atoms with Gasteiger partial charge in [0.2, 0.25) is 0 Å². The molecule has 0 spiro atoms. The first-order valence-electron chi connectivity index (χ1n) is 17.9. The average molecular weight is 691 g/mol. The number of nitrogens with zero attached hydrogens (tertiary/aromatic N) is 5. The van der Waals surface area contributed by atoms with Crippen LogP contribution in [0.2, 0.25) is 0 Å². The Hall–Kier alpha value is -5.29. The topological polar surface area (TPSA) is 121 Å². The van der Waals surface area contributed by atoms with Crippen LogP contribution in [0.3, 0.4) is 0 Å². The number of para-hydroxylation sites is 1. The fourth-order valence-electron chi connectivity index (χ4n) is 7.11. The molecule has 3 heterocycles. The highest BCUT2D eigenvalue weighted by Crippen LogP contribution is 2.33. The molecule has 0 radical (unpaired) electrons. The van der Waals surface area contributed by atoms with Gasteiger partial charge >= 0.3 is 5.97 Å². The number of carbonyl (C=O) groups excluding carboxylic acids is 2. The first-order valence-corrected chi connectivity index (χ1v) is 17.9. The first-order chi connectivity index (χ1) is 24.8. The van der Waals surface area contributed by atoms with E-state index >= 15 is 0 Å². The van der Waals surface area contributed by atoms with Crippen LogP contribution in [0.25, 0.3) is 22.2 Å². The number of piperazine rings is 1. The van der Waals surface area contributed by atoms with Crippen molar-refractivity contribution >= 4 is 22.8 Å². The van der Waals surface area contributed by atoms with Gasteiger partial charge in [-0.3, -0.25) is 24.6 Å². The fourth-order valence-corrected chi connectivity index (χ4v) is 7.11. The van der Waals surface area contributed by atoms with Crippen molar-refractivity contribution < 1.29 is 19.2 Å². The van der Waals surface area contributed by atoms with Gasteiger partial charge in [0.25, 0.3) is 12.1 Å². The standard InChI is InChI=1S/C40H46N6O5/c1-3-25-51-40(48)32-17-12-20-45(26-32)36(28-46(49)50)44-23-21-43(22-24-44)27-34-37(39(47)41-29(2)30-13-6-4-7-14-30)33-18-10-11-19-35(33)42-38(34)31-15-8-5-9-16-31/h4-11,13-16,18-19,28-29,32H,3,12,17,20-27H2,1-2H3,(H,41,47)/b36-28-/t29-,32-/m0/s1. The zero-order valence-electron chi connectivity index (χ0n) is 29.4. The summed E-state index contributed by atoms with van der Waals surface area (Å²) in [7, 11) is 0. The van der Waals surface area contributed by atoms with Crippen molar-refractivity contribution in [1.82, 2.24) is 25.0 Å². The number of piperidine rings is 1. The summed E-state index contributed by atoms with van der Waals surface area (Å²) in [6.07, 6.45) is 3.29. The summed E-state index contributed by atoms with van der Waals surface area (Å²) in [4.78, 5) is 49.9. The van der Waals surface area contributed by atoms with Crippen LogP contribution in [0, 0.1) is 16.0 Å². The van der Waals surface area contributed by atoms with Gasteiger partial charge in [0.1, 0.15) is 0 Å². The van der Waals surface area contributed by atoms with E-state index in [1.165, 1.54) is 0 Å². The first kappa shape index (κ1) is 35.5. The van der Waals surface area contributed by atoms with Crippen LogP contribution in [0.15, 0.2) is 97.0 Å². The van der Waals surface area contributed by atoms with Gasteiger partial charge in [0.05, 0.1) is 40.3 Å². The number of likely N-dealkylation sites (tertiary alicyclic amines) is 1. The maximum atomic E-state index is 14.4. The number of fused-ring (bicyclic) bond motifs is 1. The van der Waals surface area contributed by atoms with Crippen LogP contribution >= 0.6 is 0 Å². The zero-order valence-corrected chi connectivity index (χ0v) is 29.4. The molecule has 11 heteroatoms. The molecule has 2 atom stereocenters. The molecular weight excluding hydrogens is 644 g/mol. The highest BCUT2D eigenvalue weighted by molar-refractivity contribution is 6.09. The second-order valence-electron chi connectivity index (χ2n) is 13.3. The van der Waals surface area contributed by atoms with E-state index in [0.717, 1.165) is 52.3 Å². The van der Waals surface area contributed by atoms with Gasteiger partial charge in [-0.1, -0.05) is 85.8 Å². The molecule has 0 aliphatic carbocycles. The Bertz CT molecular complexity index is 1860. The van der Waals surface area contributed by atoms with Crippen LogP contribution in [0.1, 0.15) is 60.6 Å². The van der Waals surface area contributed by atoms with E-state index in [-0.39, 0.29) is 23.8 Å². The molecule has 2 saturated heterocycles. The lowest BCUT2D eigenvalue weighted by Gasteiger charge is -2.42. The summed E-state index contributed by atoms with van der Waals surface area (Å²) in [6.45, 7) is 8.17. The number of aromatic nitrogens is 1. The zero-order chi connectivity index (χ0) is 35.7. The quantitative estimate of drug-likeness (QED) is 0.104. The van der Waals surface area contributed by atoms with E-state index in [1.54, 1.807) is 0 Å². The van der Waals surface area contributed by atoms with Gasteiger partial charge < -0.3 is 19.9 Å². The number of pyridine rings is 1. The van der Waals surface area contributed by atoms with E-state index in [4.69, 9.17) is 9.72 Å². The van der Waals surface area contributed by atoms with Crippen molar-refractivity contribution in [2.24, 2.45) is 5.92 Å². The second kappa shape index (κ2) is 16.6. The van der Waals surface area contributed by atoms with E-state index in [9.17, 15) is 19.7 Å². The summed E-state index contributed by atoms with van der Waals surface area (Å²) in [5.74, 6) is -0.181. The number of hydrogen-bond acceptors (Lipinski definition) is 9. The maximum Gasteiger partial charge on any atom is 0.310 e. The van der Waals surface area contributed by atoms with Gasteiger partial charge in [0, 0.05) is 62.3 Å². The molecule has 0 unspecified atom stereocenters. The van der Waals surface area contributed by atoms with Crippen molar-refractivity contribution in [2.45, 2.75) is 45.7 Å². The minimum absolute atomic E-state index is 0.163. The third-order valence-corrected chi connectivity index (χ3v) is 9.74. The molecule has 0 saturated carbocycles. The Balaban J connectivity index is 1.27. The number of hydrogen-bond donors (Lipinski definition) is 1. The van der Waals surface area contributed by atoms with E-state index < -0.39 is 4.92 Å². The third-order valence-electron chi connectivity index (χ3n) is 9.74. The van der Waals surface area contributed by atoms with Crippen LogP contribution in [-0.4, -0.2) is 82.4 Å². The normalized spacial score (nSPS) is 17.6. The van der Waals surface area contributed by atoms with Gasteiger partial charge in [-0.15, -0.1) is 0 Å². The van der Waals surface area contributed by atoms with E-state index in [1.807, 2.05) is 109 Å². The summed E-state index contributed by atoms with van der Waals surface area (Å²) in [5, 5.41) is 15.9. The third kappa shape index (κ3) is 8.54. The number of esters is 1. The summed E-state index contributed by atoms with van der Waals surface area (Å²) < 4.78 is 5.42. The summed E-state index contributed by atoms with van der Waals surface area (Å²) in [6, 6.07) is 27.4. The smallest absolute Gasteiger partial charge is 0.310 e. The molecule has 2 fully saturated rings. The SMILES string of the molecule is CCCOC(=O)[C@H]1CCCN(/C(=C\[N+](=O)[O-])N2CCN(Cc3c(-c4ccccc4)nc4ccccc4c3C(=O)N[C@@H](C)c3ccccc3)CC2)C1. The Morgan fingerprint density at radius 1 is 0.961 bits per heavy atom. The highest BCUT2D eigenvalue weighted by atomic mass is 16.6. The fraction of sp³-hybridized carbons (Fsp3) is 0.375. The lowest BCUT2D eigenvalue weighted by Crippen LogP contribution is -2.50. The number of ether oxygens (including phenoxy) is 1. The number of carbonyl (C=O) groups is 2. The molecule has 0 bridgehead atoms. The molecule has 11 nitrogen and oxygen atoms in total. The van der Waals surface area contributed by atoms with Crippen LogP contribution in [-0.2, 0) is 16.1 Å². The lowest BCUT2D eigenvalue weighted by molar-refractivity contribution is -0.405. The highest BCUT2D eigenvalue weighted by Gasteiger charge is 2.33. The van der Waals surface area contributed by atoms with Crippen molar-refractivity contribution in [1.29, 1.82) is 0 Å². The molecule has 4 aromatic rings. The predicted molar refractivity (Wildman–Crippen MR) is 197 cm³/mol. The monoisotopic (exact) mass is 690 g/mol. The molecular formula is C40H46N6O5. The van der Waals surface area contributed by atoms with Gasteiger partial charge in [-0.05, 0) is 37.8 Å². The minimum Gasteiger partial charge on any atom is -0.465 e. The number of amides is 1. The molecule has 1 amide bonds. The lowest BCUT2D eigenvalue weighted by atomic mass is 9.95. The number of rotatable bonds is 12. The van der Waals surface area contributed by atoms with Crippen molar-refractivity contribution in [3.05, 3.63) is 124 Å². The van der Waals surface area contributed by atoms with E-state index in [0.29, 0.717) is 70.2 Å². The molecule has 1 N–H and O–H groups in total. The molecule has 266 valence electrons. The van der Waals surface area contributed by atoms with Crippen molar-refractivity contribution in [3.8, 4) is 11.3 Å². The average Bonchev–Trinajstić information content (AvgIpc) is 3.16. The minimum atomic E-state index is -0.408. The predicted octanol–water partition coefficient (Wildman–Crippen LogP) is 6.25. The van der Waals surface area contributed by atoms with Crippen LogP contribution in [0.5, 0.6) is 0 Å². The Morgan fingerprint density at radius 2 is 1.65 bits per heavy atom. The van der Waals surface area contributed by atoms with Crippen molar-refractivity contribution in [3.63, 3.8) is 0 Å². The molecule has 3 aromatic carbocycles. The molecule has 6 rings (SSSR count). The van der Waals surface area contributed by atoms with Crippen LogP contribution < -0.4 is 5.32 Å². The summed E-state index contributed by atoms with van der Waals surface area (Å²) >= 11 is 0. The Morgan fingerprint density at radius 3 is 2.35 bits per heavy atom. The van der Waals surface area contributed by atoms with Crippen molar-refractivity contribution in [2.75, 3.05) is 45.9 Å². The largest absolute Gasteiger partial charge is 0.465 e. The maximum absolute atomic E-state index is 14.4. The van der Waals surface area contributed by atoms with E-state index in [2.05, 4.69) is 10.2 Å². The number of nitrogens with one attached hydrogen (secondary N) is 1. The molecule has 51 heavy (non-hydrogen) atoms. The molecule has 1 aromatic heterocycles. The van der Waals surface area contributed by atoms with Crippen LogP contribution in [0.4, 0.5) is 0 Å². The van der Waals surface area contributed by atoms with Gasteiger partial charge in [-0.25, -0.2) is 4.98 Å².